The number of hydrogen-bond donors (Lipinski definition) is 2. The molecule has 2 N–H and O–H groups in total. The minimum absolute atomic E-state index is 0.00204. The van der Waals surface area contributed by atoms with Crippen LogP contribution in [0, 0.1) is 5.82 Å². The Balaban J connectivity index is 1.32. The highest BCUT2D eigenvalue weighted by Gasteiger charge is 2.28. The molecule has 5 rings (SSSR count). The van der Waals surface area contributed by atoms with E-state index in [9.17, 15) is 13.2 Å². The van der Waals surface area contributed by atoms with E-state index in [1.807, 2.05) is 26.8 Å². The molecular weight excluding hydrogens is 599 g/mol. The lowest BCUT2D eigenvalue weighted by molar-refractivity contribution is 0.0206. The minimum Gasteiger partial charge on any atom is -0.444 e. The first-order valence-corrected chi connectivity index (χ1v) is 16.0. The molecule has 1 saturated heterocycles. The second kappa shape index (κ2) is 13.6. The van der Waals surface area contributed by atoms with E-state index >= 15 is 4.39 Å². The predicted molar refractivity (Wildman–Crippen MR) is 167 cm³/mol. The van der Waals surface area contributed by atoms with Gasteiger partial charge in [-0.2, -0.15) is 0 Å². The van der Waals surface area contributed by atoms with Crippen molar-refractivity contribution in [3.8, 4) is 22.9 Å². The van der Waals surface area contributed by atoms with Crippen molar-refractivity contribution < 1.29 is 27.1 Å². The zero-order valence-corrected chi connectivity index (χ0v) is 26.1. The number of carbonyl (C=O) groups excluding carboxylic acids is 1. The first kappa shape index (κ1) is 31.8. The summed E-state index contributed by atoms with van der Waals surface area (Å²) in [5.74, 6) is -0.996. The number of amides is 1. The quantitative estimate of drug-likeness (QED) is 0.236. The van der Waals surface area contributed by atoms with E-state index in [1.165, 1.54) is 24.4 Å². The van der Waals surface area contributed by atoms with E-state index in [0.29, 0.717) is 30.3 Å². The molecule has 11 nitrogen and oxygen atoms in total. The zero-order chi connectivity index (χ0) is 32.0. The number of benzene rings is 2. The number of rotatable bonds is 9. The van der Waals surface area contributed by atoms with Gasteiger partial charge in [-0.3, -0.25) is 0 Å². The number of pyridine rings is 1. The number of nitrogens with one attached hydrogen (secondary N) is 2. The van der Waals surface area contributed by atoms with Crippen LogP contribution in [-0.4, -0.2) is 59.1 Å². The molecule has 1 amide bonds. The maximum atomic E-state index is 15.6. The summed E-state index contributed by atoms with van der Waals surface area (Å²) in [5, 5.41) is 3.30. The number of ether oxygens (including phenoxy) is 2. The number of carbonyl (C=O) groups is 1. The summed E-state index contributed by atoms with van der Waals surface area (Å²) in [4.78, 5) is 27.0. The van der Waals surface area contributed by atoms with Gasteiger partial charge in [0.1, 0.15) is 10.5 Å². The Morgan fingerprint density at radius 1 is 1.02 bits per heavy atom. The van der Waals surface area contributed by atoms with Crippen molar-refractivity contribution in [2.75, 3.05) is 18.4 Å². The van der Waals surface area contributed by atoms with Gasteiger partial charge < -0.3 is 19.7 Å². The molecule has 1 aliphatic rings. The first-order chi connectivity index (χ1) is 21.5. The molecule has 1 aliphatic heterocycles. The second-order valence-electron chi connectivity index (χ2n) is 11.5. The van der Waals surface area contributed by atoms with E-state index in [2.05, 4.69) is 25.0 Å². The summed E-state index contributed by atoms with van der Waals surface area (Å²) < 4.78 is 55.3. The van der Waals surface area contributed by atoms with Crippen molar-refractivity contribution in [1.82, 2.24) is 24.6 Å². The number of piperidine rings is 1. The van der Waals surface area contributed by atoms with Crippen molar-refractivity contribution >= 4 is 22.1 Å². The van der Waals surface area contributed by atoms with Crippen LogP contribution in [0.15, 0.2) is 84.0 Å². The van der Waals surface area contributed by atoms with Crippen LogP contribution in [-0.2, 0) is 21.3 Å². The van der Waals surface area contributed by atoms with Crippen molar-refractivity contribution in [2.24, 2.45) is 0 Å². The lowest BCUT2D eigenvalue weighted by atomic mass is 10.1. The fraction of sp³-hybridized carbons (Fsp3) is 0.312. The SMILES string of the molecule is CC(C)(C)OC(=O)N1CCC[C@H](Nc2nccc(-c3cccnc3Oc3cccc(S(=O)(=O)NCc4ccccc4)c3F)n2)C1. The molecule has 0 aliphatic carbocycles. The molecule has 2 aromatic heterocycles. The van der Waals surface area contributed by atoms with Gasteiger partial charge in [-0.1, -0.05) is 36.4 Å². The molecule has 1 fully saturated rings. The maximum Gasteiger partial charge on any atom is 0.410 e. The summed E-state index contributed by atoms with van der Waals surface area (Å²) in [7, 11) is -4.19. The molecule has 3 heterocycles. The van der Waals surface area contributed by atoms with Gasteiger partial charge in [-0.15, -0.1) is 0 Å². The van der Waals surface area contributed by atoms with E-state index in [4.69, 9.17) is 9.47 Å². The van der Waals surface area contributed by atoms with Crippen molar-refractivity contribution in [1.29, 1.82) is 0 Å². The van der Waals surface area contributed by atoms with Gasteiger partial charge in [0.25, 0.3) is 0 Å². The average Bonchev–Trinajstić information content (AvgIpc) is 3.01. The summed E-state index contributed by atoms with van der Waals surface area (Å²) >= 11 is 0. The van der Waals surface area contributed by atoms with Crippen LogP contribution in [0.4, 0.5) is 15.1 Å². The Hall–Kier alpha value is -4.62. The highest BCUT2D eigenvalue weighted by molar-refractivity contribution is 7.89. The molecule has 236 valence electrons. The lowest BCUT2D eigenvalue weighted by Crippen LogP contribution is -2.47. The molecule has 0 radical (unpaired) electrons. The third-order valence-electron chi connectivity index (χ3n) is 6.84. The Morgan fingerprint density at radius 2 is 1.82 bits per heavy atom. The molecule has 0 bridgehead atoms. The van der Waals surface area contributed by atoms with Crippen LogP contribution in [0.1, 0.15) is 39.2 Å². The molecule has 2 aromatic carbocycles. The van der Waals surface area contributed by atoms with Crippen LogP contribution in [0.3, 0.4) is 0 Å². The van der Waals surface area contributed by atoms with Crippen molar-refractivity contribution in [3.05, 3.63) is 90.5 Å². The maximum absolute atomic E-state index is 15.6. The molecule has 13 heteroatoms. The summed E-state index contributed by atoms with van der Waals surface area (Å²) in [6.45, 7) is 6.53. The number of nitrogens with zero attached hydrogens (tertiary/aromatic N) is 4. The molecule has 1 atom stereocenters. The molecule has 0 unspecified atom stereocenters. The number of hydrogen-bond acceptors (Lipinski definition) is 9. The first-order valence-electron chi connectivity index (χ1n) is 14.5. The second-order valence-corrected chi connectivity index (χ2v) is 13.2. The van der Waals surface area contributed by atoms with Crippen LogP contribution in [0.2, 0.25) is 0 Å². The van der Waals surface area contributed by atoms with Crippen LogP contribution in [0.5, 0.6) is 11.6 Å². The number of likely N-dealkylation sites (tertiary alicyclic amines) is 1. The van der Waals surface area contributed by atoms with Gasteiger partial charge in [0.05, 0.1) is 11.3 Å². The molecule has 0 saturated carbocycles. The molecule has 45 heavy (non-hydrogen) atoms. The zero-order valence-electron chi connectivity index (χ0n) is 25.2. The Bertz CT molecular complexity index is 1750. The summed E-state index contributed by atoms with van der Waals surface area (Å²) in [6.07, 6.45) is 4.29. The fourth-order valence-electron chi connectivity index (χ4n) is 4.75. The third-order valence-corrected chi connectivity index (χ3v) is 8.26. The fourth-order valence-corrected chi connectivity index (χ4v) is 5.85. The molecular formula is C32H35FN6O5S. The molecule has 0 spiro atoms. The van der Waals surface area contributed by atoms with Gasteiger partial charge >= 0.3 is 6.09 Å². The van der Waals surface area contributed by atoms with Gasteiger partial charge in [-0.05, 0) is 69.5 Å². The summed E-state index contributed by atoms with van der Waals surface area (Å²) in [6, 6.07) is 17.8. The predicted octanol–water partition coefficient (Wildman–Crippen LogP) is 5.76. The number of aromatic nitrogens is 3. The van der Waals surface area contributed by atoms with Gasteiger partial charge in [-0.25, -0.2) is 37.3 Å². The summed E-state index contributed by atoms with van der Waals surface area (Å²) in [5.41, 5.74) is 1.03. The van der Waals surface area contributed by atoms with Crippen LogP contribution < -0.4 is 14.8 Å². The smallest absolute Gasteiger partial charge is 0.410 e. The lowest BCUT2D eigenvalue weighted by Gasteiger charge is -2.34. The normalized spacial score (nSPS) is 15.4. The minimum atomic E-state index is -4.19. The van der Waals surface area contributed by atoms with E-state index in [-0.39, 0.29) is 30.3 Å². The van der Waals surface area contributed by atoms with E-state index in [1.54, 1.807) is 53.6 Å². The Morgan fingerprint density at radius 3 is 2.60 bits per heavy atom. The van der Waals surface area contributed by atoms with Gasteiger partial charge in [0.15, 0.2) is 11.6 Å². The number of halogens is 1. The van der Waals surface area contributed by atoms with Crippen molar-refractivity contribution in [2.45, 2.75) is 56.7 Å². The molecule has 4 aromatic rings. The van der Waals surface area contributed by atoms with Crippen LogP contribution >= 0.6 is 0 Å². The van der Waals surface area contributed by atoms with E-state index in [0.717, 1.165) is 18.4 Å². The number of sulfonamides is 1. The monoisotopic (exact) mass is 634 g/mol. The van der Waals surface area contributed by atoms with Gasteiger partial charge in [0, 0.05) is 38.1 Å². The number of anilines is 1. The van der Waals surface area contributed by atoms with Crippen molar-refractivity contribution in [3.63, 3.8) is 0 Å². The topological polar surface area (TPSA) is 136 Å². The third kappa shape index (κ3) is 8.31. The largest absolute Gasteiger partial charge is 0.444 e. The van der Waals surface area contributed by atoms with Crippen LogP contribution in [0.25, 0.3) is 11.3 Å². The highest BCUT2D eigenvalue weighted by atomic mass is 32.2. The van der Waals surface area contributed by atoms with Gasteiger partial charge in [0.2, 0.25) is 21.9 Å². The van der Waals surface area contributed by atoms with E-state index < -0.39 is 26.3 Å². The average molecular weight is 635 g/mol. The Kier molecular flexibility index (Phi) is 9.59. The Labute approximate surface area is 261 Å². The standard InChI is InChI=1S/C32H35FN6O5S/c1-32(2,3)44-31(40)39-19-9-12-23(21-39)37-30-35-18-16-25(38-30)24-13-8-17-34-29(24)43-26-14-7-15-27(28(26)33)45(41,42)36-20-22-10-5-4-6-11-22/h4-8,10-11,13-18,23,36H,9,12,19-21H2,1-3H3,(H,35,37,38)/t23-/m0/s1. The highest BCUT2D eigenvalue weighted by Crippen LogP contribution is 2.33.